The van der Waals surface area contributed by atoms with Crippen LogP contribution in [0.15, 0.2) is 92.0 Å². The number of ether oxygens (including phenoxy) is 6. The molecule has 3 rings (SSSR count). The van der Waals surface area contributed by atoms with Crippen LogP contribution in [0, 0.1) is 5.82 Å². The Hall–Kier alpha value is -5.16. The summed E-state index contributed by atoms with van der Waals surface area (Å²) in [5, 5.41) is 10.4. The van der Waals surface area contributed by atoms with Crippen LogP contribution in [0.4, 0.5) is 4.39 Å². The Kier molecular flexibility index (Phi) is 11.4. The van der Waals surface area contributed by atoms with Gasteiger partial charge in [-0.25, -0.2) is 18.8 Å². The second kappa shape index (κ2) is 15.4. The number of carbonyl (C=O) groups excluding carboxylic acids is 3. The fourth-order valence-corrected chi connectivity index (χ4v) is 3.13. The minimum atomic E-state index is -1.49. The van der Waals surface area contributed by atoms with Crippen LogP contribution in [0.2, 0.25) is 0 Å². The Balaban J connectivity index is 1.48. The Labute approximate surface area is 235 Å². The van der Waals surface area contributed by atoms with Gasteiger partial charge in [0.1, 0.15) is 43.7 Å². The van der Waals surface area contributed by atoms with Gasteiger partial charge in [0.25, 0.3) is 0 Å². The number of esters is 3. The van der Waals surface area contributed by atoms with Crippen LogP contribution >= 0.6 is 0 Å². The van der Waals surface area contributed by atoms with Crippen LogP contribution in [0.1, 0.15) is 22.2 Å². The Bertz CT molecular complexity index is 1350. The van der Waals surface area contributed by atoms with E-state index in [9.17, 15) is 23.9 Å². The van der Waals surface area contributed by atoms with Crippen molar-refractivity contribution < 1.29 is 52.3 Å². The molecule has 0 saturated carbocycles. The third kappa shape index (κ3) is 9.83. The van der Waals surface area contributed by atoms with Crippen molar-refractivity contribution in [2.24, 2.45) is 0 Å². The zero-order chi connectivity index (χ0) is 29.6. The highest BCUT2D eigenvalue weighted by Gasteiger charge is 2.15. The normalized spacial score (nSPS) is 11.0. The fraction of sp³-hybridized carbons (Fsp3) is 0.167. The standard InChI is InChI=1S/C30H27FO10/c1-3-27(32)38-17-15-36-22-9-5-20(6-10-22)29(34)40-24-13-14-26(25(31)19-24)41-30(35)21-7-11-23(12-8-21)37-16-18-39-28(33)4-2/h3-14,19,30,35H,1-2,15-18H2. The number of halogens is 1. The first-order valence-corrected chi connectivity index (χ1v) is 12.2. The Morgan fingerprint density at radius 1 is 0.756 bits per heavy atom. The van der Waals surface area contributed by atoms with Crippen LogP contribution in [0.25, 0.3) is 0 Å². The second-order valence-electron chi connectivity index (χ2n) is 7.99. The highest BCUT2D eigenvalue weighted by molar-refractivity contribution is 5.91. The lowest BCUT2D eigenvalue weighted by atomic mass is 10.2. The fourth-order valence-electron chi connectivity index (χ4n) is 3.13. The largest absolute Gasteiger partial charge is 0.490 e. The summed E-state index contributed by atoms with van der Waals surface area (Å²) in [7, 11) is 0. The molecule has 10 nitrogen and oxygen atoms in total. The smallest absolute Gasteiger partial charge is 0.343 e. The first-order valence-electron chi connectivity index (χ1n) is 12.2. The Morgan fingerprint density at radius 2 is 1.27 bits per heavy atom. The number of benzene rings is 3. The molecule has 11 heteroatoms. The van der Waals surface area contributed by atoms with Gasteiger partial charge in [-0.3, -0.25) is 0 Å². The molecule has 3 aromatic carbocycles. The van der Waals surface area contributed by atoms with Crippen molar-refractivity contribution in [1.29, 1.82) is 0 Å². The molecule has 0 spiro atoms. The summed E-state index contributed by atoms with van der Waals surface area (Å²) in [5.41, 5.74) is 0.521. The van der Waals surface area contributed by atoms with E-state index in [0.29, 0.717) is 17.1 Å². The van der Waals surface area contributed by atoms with Crippen LogP contribution in [0.5, 0.6) is 23.0 Å². The molecular formula is C30H27FO10. The van der Waals surface area contributed by atoms with E-state index in [1.807, 2.05) is 0 Å². The van der Waals surface area contributed by atoms with E-state index in [4.69, 9.17) is 28.4 Å². The molecule has 214 valence electrons. The van der Waals surface area contributed by atoms with Crippen molar-refractivity contribution in [2.75, 3.05) is 26.4 Å². The number of hydrogen-bond acceptors (Lipinski definition) is 10. The van der Waals surface area contributed by atoms with Gasteiger partial charge >= 0.3 is 17.9 Å². The van der Waals surface area contributed by atoms with Crippen LogP contribution in [0.3, 0.4) is 0 Å². The van der Waals surface area contributed by atoms with E-state index >= 15 is 0 Å². The molecule has 0 aliphatic rings. The van der Waals surface area contributed by atoms with Crippen LogP contribution in [-0.4, -0.2) is 49.4 Å². The number of carbonyl (C=O) groups is 3. The van der Waals surface area contributed by atoms with Crippen molar-refractivity contribution in [2.45, 2.75) is 6.29 Å². The molecule has 1 atom stereocenters. The number of aliphatic hydroxyl groups excluding tert-OH is 1. The predicted molar refractivity (Wildman–Crippen MR) is 143 cm³/mol. The third-order valence-electron chi connectivity index (χ3n) is 5.13. The molecule has 1 N–H and O–H groups in total. The second-order valence-corrected chi connectivity index (χ2v) is 7.99. The van der Waals surface area contributed by atoms with Gasteiger partial charge in [0.15, 0.2) is 11.6 Å². The summed E-state index contributed by atoms with van der Waals surface area (Å²) >= 11 is 0. The van der Waals surface area contributed by atoms with Gasteiger partial charge in [0, 0.05) is 23.8 Å². The van der Waals surface area contributed by atoms with E-state index < -0.39 is 30.0 Å². The van der Waals surface area contributed by atoms with Crippen molar-refractivity contribution in [3.63, 3.8) is 0 Å². The summed E-state index contributed by atoms with van der Waals surface area (Å²) in [6.45, 7) is 6.90. The molecule has 41 heavy (non-hydrogen) atoms. The summed E-state index contributed by atoms with van der Waals surface area (Å²) in [6.07, 6.45) is 0.606. The molecule has 0 radical (unpaired) electrons. The molecule has 0 aliphatic heterocycles. The van der Waals surface area contributed by atoms with Gasteiger partial charge in [-0.15, -0.1) is 0 Å². The van der Waals surface area contributed by atoms with Gasteiger partial charge in [-0.1, -0.05) is 13.2 Å². The predicted octanol–water partition coefficient (Wildman–Crippen LogP) is 4.33. The number of rotatable bonds is 15. The highest BCUT2D eigenvalue weighted by Crippen LogP contribution is 2.28. The SMILES string of the molecule is C=CC(=O)OCCOc1ccc(C(=O)Oc2ccc(OC(O)c3ccc(OCCOC(=O)C=C)cc3)c(F)c2)cc1. The van der Waals surface area contributed by atoms with E-state index in [2.05, 4.69) is 13.2 Å². The molecular weight excluding hydrogens is 539 g/mol. The molecule has 0 fully saturated rings. The monoisotopic (exact) mass is 566 g/mol. The highest BCUT2D eigenvalue weighted by atomic mass is 19.1. The van der Waals surface area contributed by atoms with Crippen LogP contribution in [-0.2, 0) is 19.1 Å². The third-order valence-corrected chi connectivity index (χ3v) is 5.13. The van der Waals surface area contributed by atoms with Gasteiger partial charge in [-0.05, 0) is 60.7 Å². The van der Waals surface area contributed by atoms with E-state index in [-0.39, 0.29) is 43.5 Å². The van der Waals surface area contributed by atoms with Gasteiger partial charge in [0.2, 0.25) is 6.29 Å². The summed E-state index contributed by atoms with van der Waals surface area (Å²) in [4.78, 5) is 34.5. The molecule has 0 bridgehead atoms. The molecule has 0 aromatic heterocycles. The van der Waals surface area contributed by atoms with E-state index in [0.717, 1.165) is 18.2 Å². The lowest BCUT2D eigenvalue weighted by Gasteiger charge is -2.15. The molecule has 0 saturated heterocycles. The summed E-state index contributed by atoms with van der Waals surface area (Å²) < 4.78 is 45.6. The average Bonchev–Trinajstić information content (AvgIpc) is 2.99. The van der Waals surface area contributed by atoms with Crippen molar-refractivity contribution >= 4 is 17.9 Å². The zero-order valence-corrected chi connectivity index (χ0v) is 21.8. The molecule has 0 heterocycles. The molecule has 0 aliphatic carbocycles. The quantitative estimate of drug-likeness (QED) is 0.0934. The Morgan fingerprint density at radius 3 is 1.78 bits per heavy atom. The minimum absolute atomic E-state index is 0.0379. The van der Waals surface area contributed by atoms with E-state index in [1.165, 1.54) is 48.5 Å². The van der Waals surface area contributed by atoms with E-state index in [1.54, 1.807) is 12.1 Å². The maximum Gasteiger partial charge on any atom is 0.343 e. The number of hydrogen-bond donors (Lipinski definition) is 1. The first-order chi connectivity index (χ1) is 19.8. The maximum absolute atomic E-state index is 14.6. The topological polar surface area (TPSA) is 127 Å². The first kappa shape index (κ1) is 30.4. The summed E-state index contributed by atoms with van der Waals surface area (Å²) in [6, 6.07) is 15.7. The maximum atomic E-state index is 14.6. The van der Waals surface area contributed by atoms with Crippen molar-refractivity contribution in [1.82, 2.24) is 0 Å². The molecule has 1 unspecified atom stereocenters. The average molecular weight is 567 g/mol. The van der Waals surface area contributed by atoms with Crippen molar-refractivity contribution in [3.05, 3.63) is 109 Å². The molecule has 3 aromatic rings. The molecule has 0 amide bonds. The van der Waals surface area contributed by atoms with Crippen molar-refractivity contribution in [3.8, 4) is 23.0 Å². The zero-order valence-electron chi connectivity index (χ0n) is 21.8. The lowest BCUT2D eigenvalue weighted by molar-refractivity contribution is -0.139. The van der Waals surface area contributed by atoms with Gasteiger partial charge < -0.3 is 33.5 Å². The minimum Gasteiger partial charge on any atom is -0.490 e. The van der Waals surface area contributed by atoms with Gasteiger partial charge in [0.05, 0.1) is 5.56 Å². The van der Waals surface area contributed by atoms with Crippen LogP contribution < -0.4 is 18.9 Å². The summed E-state index contributed by atoms with van der Waals surface area (Å²) in [5.74, 6) is -2.13. The lowest BCUT2D eigenvalue weighted by Crippen LogP contribution is -2.11. The van der Waals surface area contributed by atoms with Gasteiger partial charge in [-0.2, -0.15) is 0 Å². The number of aliphatic hydroxyl groups is 1.